The maximum Gasteiger partial charge on any atom is 0.232 e. The summed E-state index contributed by atoms with van der Waals surface area (Å²) in [6.45, 7) is 11.3. The Labute approximate surface area is 134 Å². The van der Waals surface area contributed by atoms with E-state index in [2.05, 4.69) is 15.5 Å². The van der Waals surface area contributed by atoms with Gasteiger partial charge < -0.3 is 9.84 Å². The van der Waals surface area contributed by atoms with Crippen LogP contribution in [-0.2, 0) is 15.7 Å². The average Bonchev–Trinajstić information content (AvgIpc) is 2.69. The molecule has 118 valence electrons. The third-order valence-electron chi connectivity index (χ3n) is 3.81. The molecule has 1 N–H and O–H groups in total. The average molecular weight is 334 g/mol. The molecule has 1 heterocycles. The van der Waals surface area contributed by atoms with E-state index in [1.807, 2.05) is 34.6 Å². The Balaban J connectivity index is 2.16. The molecule has 0 aromatic carbocycles. The Morgan fingerprint density at radius 2 is 1.81 bits per heavy atom. The summed E-state index contributed by atoms with van der Waals surface area (Å²) in [4.78, 5) is 16.8. The van der Waals surface area contributed by atoms with Gasteiger partial charge in [0.15, 0.2) is 5.82 Å². The molecule has 7 heteroatoms. The Hall–Kier alpha value is -0.810. The van der Waals surface area contributed by atoms with E-state index in [0.717, 1.165) is 0 Å². The fourth-order valence-corrected chi connectivity index (χ4v) is 2.61. The van der Waals surface area contributed by atoms with Crippen molar-refractivity contribution in [3.63, 3.8) is 0 Å². The lowest BCUT2D eigenvalue weighted by atomic mass is 9.96. The van der Waals surface area contributed by atoms with Gasteiger partial charge in [-0.3, -0.25) is 4.79 Å². The lowest BCUT2D eigenvalue weighted by Gasteiger charge is -2.25. The molecule has 0 saturated heterocycles. The Kier molecular flexibility index (Phi) is 3.62. The molecule has 1 aliphatic carbocycles. The minimum Gasteiger partial charge on any atom is -0.343 e. The number of rotatable bonds is 3. The predicted molar refractivity (Wildman–Crippen MR) is 81.3 cm³/mol. The van der Waals surface area contributed by atoms with Gasteiger partial charge in [-0.15, -0.1) is 23.2 Å². The molecular formula is C14H21Cl2N3O2. The van der Waals surface area contributed by atoms with Crippen molar-refractivity contribution in [3.8, 4) is 0 Å². The van der Waals surface area contributed by atoms with E-state index in [9.17, 15) is 4.79 Å². The highest BCUT2D eigenvalue weighted by Crippen LogP contribution is 2.64. The molecule has 1 aromatic heterocycles. The summed E-state index contributed by atoms with van der Waals surface area (Å²) >= 11 is 12.1. The Morgan fingerprint density at radius 1 is 1.29 bits per heavy atom. The van der Waals surface area contributed by atoms with Gasteiger partial charge in [0, 0.05) is 5.41 Å². The van der Waals surface area contributed by atoms with Crippen LogP contribution < -0.4 is 5.32 Å². The van der Waals surface area contributed by atoms with E-state index in [1.54, 1.807) is 6.92 Å². The molecular weight excluding hydrogens is 313 g/mol. The van der Waals surface area contributed by atoms with Crippen molar-refractivity contribution < 1.29 is 9.32 Å². The van der Waals surface area contributed by atoms with Crippen LogP contribution >= 0.6 is 23.2 Å². The molecule has 0 unspecified atom stereocenters. The summed E-state index contributed by atoms with van der Waals surface area (Å²) in [5.74, 6) is 0.751. The van der Waals surface area contributed by atoms with Gasteiger partial charge in [0.05, 0.1) is 11.0 Å². The van der Waals surface area contributed by atoms with Crippen molar-refractivity contribution >= 4 is 29.1 Å². The second-order valence-corrected chi connectivity index (χ2v) is 8.95. The van der Waals surface area contributed by atoms with Crippen molar-refractivity contribution in [1.82, 2.24) is 15.5 Å². The van der Waals surface area contributed by atoms with Gasteiger partial charge in [0.2, 0.25) is 11.8 Å². The standard InChI is InChI=1S/C14H21Cl2N3O2/c1-11(2,3)10-17-8(19-21-10)12(4,5)18-9(20)13(6)7-14(13,15)16/h7H2,1-6H3,(H,18,20)/t13-/m1/s1. The van der Waals surface area contributed by atoms with E-state index in [4.69, 9.17) is 27.7 Å². The van der Waals surface area contributed by atoms with Crippen molar-refractivity contribution in [1.29, 1.82) is 0 Å². The quantitative estimate of drug-likeness (QED) is 0.861. The second kappa shape index (κ2) is 4.59. The molecule has 0 aliphatic heterocycles. The maximum atomic E-state index is 12.4. The minimum absolute atomic E-state index is 0.209. The van der Waals surface area contributed by atoms with Crippen LogP contribution in [0.2, 0.25) is 0 Å². The molecule has 1 aromatic rings. The highest BCUT2D eigenvalue weighted by molar-refractivity contribution is 6.53. The third kappa shape index (κ3) is 2.90. The van der Waals surface area contributed by atoms with Crippen molar-refractivity contribution in [3.05, 3.63) is 11.7 Å². The molecule has 1 saturated carbocycles. The van der Waals surface area contributed by atoms with Crippen LogP contribution in [0.1, 0.15) is 59.7 Å². The minimum atomic E-state index is -0.999. The van der Waals surface area contributed by atoms with Gasteiger partial charge in [0.1, 0.15) is 4.33 Å². The van der Waals surface area contributed by atoms with E-state index in [-0.39, 0.29) is 11.3 Å². The number of hydrogen-bond acceptors (Lipinski definition) is 4. The lowest BCUT2D eigenvalue weighted by Crippen LogP contribution is -2.46. The molecule has 0 radical (unpaired) electrons. The van der Waals surface area contributed by atoms with E-state index in [1.165, 1.54) is 0 Å². The number of nitrogens with zero attached hydrogens (tertiary/aromatic N) is 2. The number of hydrogen-bond donors (Lipinski definition) is 1. The number of nitrogens with one attached hydrogen (secondary N) is 1. The lowest BCUT2D eigenvalue weighted by molar-refractivity contribution is -0.127. The molecule has 5 nitrogen and oxygen atoms in total. The molecule has 1 amide bonds. The third-order valence-corrected chi connectivity index (χ3v) is 4.91. The predicted octanol–water partition coefficient (Wildman–Crippen LogP) is 3.30. The Bertz CT molecular complexity index is 575. The zero-order valence-electron chi connectivity index (χ0n) is 13.2. The van der Waals surface area contributed by atoms with Crippen molar-refractivity contribution in [2.24, 2.45) is 5.41 Å². The first-order valence-electron chi connectivity index (χ1n) is 6.85. The normalized spacial score (nSPS) is 24.8. The van der Waals surface area contributed by atoms with Crippen LogP contribution in [0.3, 0.4) is 0 Å². The van der Waals surface area contributed by atoms with Gasteiger partial charge in [-0.2, -0.15) is 4.98 Å². The van der Waals surface area contributed by atoms with E-state index >= 15 is 0 Å². The number of carbonyl (C=O) groups is 1. The first kappa shape index (κ1) is 16.6. The molecule has 1 aliphatic rings. The maximum absolute atomic E-state index is 12.4. The van der Waals surface area contributed by atoms with Crippen LogP contribution in [0.15, 0.2) is 4.52 Å². The molecule has 0 spiro atoms. The first-order valence-corrected chi connectivity index (χ1v) is 7.60. The summed E-state index contributed by atoms with van der Waals surface area (Å²) in [5, 5.41) is 6.88. The number of halogens is 2. The molecule has 1 atom stereocenters. The topological polar surface area (TPSA) is 68.0 Å². The van der Waals surface area contributed by atoms with Crippen molar-refractivity contribution in [2.45, 2.75) is 63.3 Å². The van der Waals surface area contributed by atoms with Gasteiger partial charge in [-0.25, -0.2) is 0 Å². The fourth-order valence-electron chi connectivity index (χ4n) is 1.91. The van der Waals surface area contributed by atoms with Crippen molar-refractivity contribution in [2.75, 3.05) is 0 Å². The monoisotopic (exact) mass is 333 g/mol. The fraction of sp³-hybridized carbons (Fsp3) is 0.786. The summed E-state index contributed by atoms with van der Waals surface area (Å²) in [6, 6.07) is 0. The van der Waals surface area contributed by atoms with Crippen LogP contribution in [-0.4, -0.2) is 20.4 Å². The molecule has 21 heavy (non-hydrogen) atoms. The van der Waals surface area contributed by atoms with E-state index < -0.39 is 15.3 Å². The number of amides is 1. The number of carbonyl (C=O) groups excluding carboxylic acids is 1. The largest absolute Gasteiger partial charge is 0.343 e. The van der Waals surface area contributed by atoms with Crippen LogP contribution in [0, 0.1) is 5.41 Å². The molecule has 2 rings (SSSR count). The van der Waals surface area contributed by atoms with E-state index in [0.29, 0.717) is 18.1 Å². The molecule has 0 bridgehead atoms. The van der Waals surface area contributed by atoms with Crippen LogP contribution in [0.4, 0.5) is 0 Å². The van der Waals surface area contributed by atoms with Gasteiger partial charge in [-0.1, -0.05) is 25.9 Å². The van der Waals surface area contributed by atoms with Gasteiger partial charge in [-0.05, 0) is 27.2 Å². The highest BCUT2D eigenvalue weighted by Gasteiger charge is 2.68. The first-order chi connectivity index (χ1) is 9.30. The second-order valence-electron chi connectivity index (χ2n) is 7.47. The summed E-state index contributed by atoms with van der Waals surface area (Å²) in [7, 11) is 0. The smallest absolute Gasteiger partial charge is 0.232 e. The van der Waals surface area contributed by atoms with Crippen LogP contribution in [0.25, 0.3) is 0 Å². The van der Waals surface area contributed by atoms with Gasteiger partial charge in [0.25, 0.3) is 0 Å². The summed E-state index contributed by atoms with van der Waals surface area (Å²) in [6.07, 6.45) is 0.435. The summed E-state index contributed by atoms with van der Waals surface area (Å²) < 4.78 is 4.28. The molecule has 1 fully saturated rings. The van der Waals surface area contributed by atoms with Crippen LogP contribution in [0.5, 0.6) is 0 Å². The SMILES string of the molecule is CC(C)(C)c1nc(C(C)(C)NC(=O)[C@@]2(C)CC2(Cl)Cl)no1. The zero-order chi connectivity index (χ0) is 16.3. The number of aromatic nitrogens is 2. The summed E-state index contributed by atoms with van der Waals surface area (Å²) in [5.41, 5.74) is -1.78. The Morgan fingerprint density at radius 3 is 2.19 bits per heavy atom. The number of alkyl halides is 2. The zero-order valence-corrected chi connectivity index (χ0v) is 14.7. The van der Waals surface area contributed by atoms with Gasteiger partial charge >= 0.3 is 0 Å². The highest BCUT2D eigenvalue weighted by atomic mass is 35.5.